The fraction of sp³-hybridized carbons (Fsp3) is 0.250. The van der Waals surface area contributed by atoms with Crippen LogP contribution in [0.25, 0.3) is 5.57 Å². The van der Waals surface area contributed by atoms with Crippen molar-refractivity contribution in [2.75, 3.05) is 0 Å². The zero-order valence-corrected chi connectivity index (χ0v) is 14.1. The van der Waals surface area contributed by atoms with Gasteiger partial charge in [-0.15, -0.1) is 13.2 Å². The Morgan fingerprint density at radius 2 is 1.78 bits per heavy atom. The van der Waals surface area contributed by atoms with Crippen molar-refractivity contribution in [1.82, 2.24) is 5.32 Å². The largest absolute Gasteiger partial charge is 0.573 e. The zero-order valence-electron chi connectivity index (χ0n) is 14.1. The van der Waals surface area contributed by atoms with Gasteiger partial charge in [-0.1, -0.05) is 42.5 Å². The lowest BCUT2D eigenvalue weighted by molar-refractivity contribution is -0.274. The van der Waals surface area contributed by atoms with Crippen LogP contribution >= 0.6 is 0 Å². The molecule has 2 aromatic rings. The molecule has 0 amide bonds. The quantitative estimate of drug-likeness (QED) is 0.844. The van der Waals surface area contributed by atoms with Crippen molar-refractivity contribution in [3.8, 4) is 5.75 Å². The number of ketones is 1. The number of hydrogen-bond acceptors (Lipinski definition) is 4. The maximum atomic E-state index is 13.0. The molecule has 0 bridgehead atoms. The lowest BCUT2D eigenvalue weighted by atomic mass is 9.97. The molecule has 0 saturated heterocycles. The number of nitrogens with one attached hydrogen (secondary N) is 1. The lowest BCUT2D eigenvalue weighted by Gasteiger charge is -2.12. The molecular formula is C20H16F3NO3. The first-order valence-electron chi connectivity index (χ1n) is 8.53. The monoisotopic (exact) mass is 375 g/mol. The summed E-state index contributed by atoms with van der Waals surface area (Å²) in [5.74, 6) is -0.372. The van der Waals surface area contributed by atoms with E-state index in [2.05, 4.69) is 10.1 Å². The second-order valence-electron chi connectivity index (χ2n) is 6.47. The predicted octanol–water partition coefficient (Wildman–Crippen LogP) is 4.35. The second kappa shape index (κ2) is 6.64. The number of halogens is 3. The van der Waals surface area contributed by atoms with E-state index in [0.29, 0.717) is 17.0 Å². The molecule has 1 saturated carbocycles. The summed E-state index contributed by atoms with van der Waals surface area (Å²) in [4.78, 5) is 13.0. The Kier molecular flexibility index (Phi) is 4.30. The van der Waals surface area contributed by atoms with Crippen LogP contribution in [0.2, 0.25) is 0 Å². The van der Waals surface area contributed by atoms with Crippen LogP contribution < -0.4 is 10.1 Å². The highest BCUT2D eigenvalue weighted by atomic mass is 19.4. The van der Waals surface area contributed by atoms with Crippen LogP contribution in [0.5, 0.6) is 5.75 Å². The minimum absolute atomic E-state index is 0.215. The highest BCUT2D eigenvalue weighted by molar-refractivity contribution is 6.25. The van der Waals surface area contributed by atoms with E-state index in [1.165, 1.54) is 18.2 Å². The first kappa shape index (κ1) is 17.5. The van der Waals surface area contributed by atoms with Gasteiger partial charge in [0.25, 0.3) is 0 Å². The lowest BCUT2D eigenvalue weighted by Crippen LogP contribution is -2.18. The summed E-state index contributed by atoms with van der Waals surface area (Å²) in [5, 5.41) is 3.17. The zero-order chi connectivity index (χ0) is 19.0. The molecular weight excluding hydrogens is 359 g/mol. The summed E-state index contributed by atoms with van der Waals surface area (Å²) in [6, 6.07) is 14.6. The number of alkyl halides is 3. The van der Waals surface area contributed by atoms with Crippen LogP contribution in [-0.4, -0.2) is 18.2 Å². The van der Waals surface area contributed by atoms with Gasteiger partial charge in [0.2, 0.25) is 5.78 Å². The third-order valence-electron chi connectivity index (χ3n) is 4.32. The number of ether oxygens (including phenoxy) is 2. The highest BCUT2D eigenvalue weighted by Gasteiger charge is 2.39. The molecule has 1 atom stereocenters. The van der Waals surface area contributed by atoms with Gasteiger partial charge in [-0.2, -0.15) is 0 Å². The molecule has 1 aliphatic carbocycles. The maximum Gasteiger partial charge on any atom is 0.573 e. The first-order valence-corrected chi connectivity index (χ1v) is 8.53. The Morgan fingerprint density at radius 1 is 1.04 bits per heavy atom. The molecule has 27 heavy (non-hydrogen) atoms. The van der Waals surface area contributed by atoms with Gasteiger partial charge in [0.1, 0.15) is 5.75 Å². The van der Waals surface area contributed by atoms with Crippen molar-refractivity contribution in [3.05, 3.63) is 71.6 Å². The smallest absolute Gasteiger partial charge is 0.462 e. The van der Waals surface area contributed by atoms with Crippen molar-refractivity contribution in [2.45, 2.75) is 31.3 Å². The number of benzene rings is 2. The molecule has 2 aromatic carbocycles. The Balaban J connectivity index is 1.69. The van der Waals surface area contributed by atoms with Crippen LogP contribution in [-0.2, 0) is 9.53 Å². The molecule has 0 spiro atoms. The predicted molar refractivity (Wildman–Crippen MR) is 91.5 cm³/mol. The molecule has 1 aliphatic heterocycles. The van der Waals surface area contributed by atoms with Gasteiger partial charge in [-0.3, -0.25) is 4.79 Å². The van der Waals surface area contributed by atoms with E-state index in [1.807, 2.05) is 6.07 Å². The second-order valence-corrected chi connectivity index (χ2v) is 6.47. The molecule has 1 unspecified atom stereocenters. The fourth-order valence-corrected chi connectivity index (χ4v) is 2.96. The molecule has 0 aromatic heterocycles. The average Bonchev–Trinajstić information content (AvgIpc) is 3.37. The number of rotatable bonds is 5. The molecule has 140 valence electrons. The van der Waals surface area contributed by atoms with Crippen molar-refractivity contribution in [2.24, 2.45) is 0 Å². The van der Waals surface area contributed by atoms with E-state index in [-0.39, 0.29) is 23.1 Å². The van der Waals surface area contributed by atoms with Crippen molar-refractivity contribution >= 4 is 11.4 Å². The van der Waals surface area contributed by atoms with E-state index in [9.17, 15) is 18.0 Å². The molecule has 0 radical (unpaired) electrons. The molecule has 2 aliphatic rings. The van der Waals surface area contributed by atoms with Crippen molar-refractivity contribution < 1.29 is 27.4 Å². The van der Waals surface area contributed by atoms with Gasteiger partial charge in [-0.25, -0.2) is 0 Å². The number of Topliss-reactive ketones (excluding diaryl/α,β-unsaturated/α-hetero) is 1. The van der Waals surface area contributed by atoms with Crippen molar-refractivity contribution in [3.63, 3.8) is 0 Å². The molecule has 1 fully saturated rings. The van der Waals surface area contributed by atoms with Crippen LogP contribution in [0.1, 0.15) is 30.1 Å². The van der Waals surface area contributed by atoms with E-state index >= 15 is 0 Å². The SMILES string of the molecule is O=C1C(c2cccc(OC(F)(F)F)c2)=C(NC2CC2)OC1c1ccccc1. The van der Waals surface area contributed by atoms with Crippen LogP contribution in [0.15, 0.2) is 60.5 Å². The number of carbonyl (C=O) groups is 1. The summed E-state index contributed by atoms with van der Waals surface area (Å²) in [6.07, 6.45) is -3.71. The molecule has 1 heterocycles. The molecule has 4 nitrogen and oxygen atoms in total. The minimum atomic E-state index is -4.80. The average molecular weight is 375 g/mol. The van der Waals surface area contributed by atoms with Gasteiger partial charge in [0, 0.05) is 11.6 Å². The Morgan fingerprint density at radius 3 is 2.44 bits per heavy atom. The van der Waals surface area contributed by atoms with E-state index in [1.54, 1.807) is 30.3 Å². The topological polar surface area (TPSA) is 47.6 Å². The number of carbonyl (C=O) groups excluding carboxylic acids is 1. The molecule has 7 heteroatoms. The summed E-state index contributed by atoms with van der Waals surface area (Å²) in [5.41, 5.74) is 1.25. The van der Waals surface area contributed by atoms with Gasteiger partial charge < -0.3 is 14.8 Å². The van der Waals surface area contributed by atoms with Crippen LogP contribution in [0.4, 0.5) is 13.2 Å². The van der Waals surface area contributed by atoms with Gasteiger partial charge >= 0.3 is 6.36 Å². The standard InChI is InChI=1S/C20H16F3NO3/c21-20(22,23)27-15-8-4-7-13(11-15)16-17(25)18(12-5-2-1-3-6-12)26-19(16)24-14-9-10-14/h1-8,11,14,18,24H,9-10H2. The Hall–Kier alpha value is -2.96. The van der Waals surface area contributed by atoms with Gasteiger partial charge in [0.15, 0.2) is 12.0 Å². The van der Waals surface area contributed by atoms with Crippen LogP contribution in [0, 0.1) is 0 Å². The molecule has 4 rings (SSSR count). The highest BCUT2D eigenvalue weighted by Crippen LogP contribution is 2.39. The summed E-state index contributed by atoms with van der Waals surface area (Å²) in [6.45, 7) is 0. The minimum Gasteiger partial charge on any atom is -0.462 e. The number of hydrogen-bond donors (Lipinski definition) is 1. The van der Waals surface area contributed by atoms with E-state index in [4.69, 9.17) is 4.74 Å². The Bertz CT molecular complexity index is 889. The summed E-state index contributed by atoms with van der Waals surface area (Å²) in [7, 11) is 0. The normalized spacial score (nSPS) is 19.8. The van der Waals surface area contributed by atoms with Crippen LogP contribution in [0.3, 0.4) is 0 Å². The maximum absolute atomic E-state index is 13.0. The summed E-state index contributed by atoms with van der Waals surface area (Å²) >= 11 is 0. The van der Waals surface area contributed by atoms with Gasteiger partial charge in [0.05, 0.1) is 5.57 Å². The van der Waals surface area contributed by atoms with Gasteiger partial charge in [-0.05, 0) is 30.5 Å². The first-order chi connectivity index (χ1) is 12.9. The Labute approximate surface area is 153 Å². The fourth-order valence-electron chi connectivity index (χ4n) is 2.96. The third kappa shape index (κ3) is 3.92. The molecule has 1 N–H and O–H groups in total. The van der Waals surface area contributed by atoms with Crippen molar-refractivity contribution in [1.29, 1.82) is 0 Å². The van der Waals surface area contributed by atoms with E-state index in [0.717, 1.165) is 12.8 Å². The van der Waals surface area contributed by atoms with E-state index < -0.39 is 12.5 Å². The third-order valence-corrected chi connectivity index (χ3v) is 4.32. The summed E-state index contributed by atoms with van der Waals surface area (Å²) < 4.78 is 47.4.